The van der Waals surface area contributed by atoms with E-state index in [-0.39, 0.29) is 0 Å². The Hall–Kier alpha value is -2.51. The van der Waals surface area contributed by atoms with Crippen LogP contribution < -0.4 is 5.56 Å². The van der Waals surface area contributed by atoms with Gasteiger partial charge in [0.05, 0.1) is 0 Å². The topological polar surface area (TPSA) is 103 Å². The van der Waals surface area contributed by atoms with Crippen LogP contribution in [0, 0.1) is 0 Å². The number of hydrogen-bond acceptors (Lipinski definition) is 5. The summed E-state index contributed by atoms with van der Waals surface area (Å²) in [6.07, 6.45) is 2.71. The van der Waals surface area contributed by atoms with Crippen molar-refractivity contribution >= 4 is 5.97 Å². The van der Waals surface area contributed by atoms with Gasteiger partial charge in [-0.15, -0.1) is 5.10 Å². The highest BCUT2D eigenvalue weighted by Crippen LogP contribution is 1.96. The molecule has 2 aromatic rings. The summed E-state index contributed by atoms with van der Waals surface area (Å²) in [5.41, 5.74) is -0.480. The number of rotatable bonds is 3. The van der Waals surface area contributed by atoms with E-state index < -0.39 is 18.1 Å². The molecule has 0 spiro atoms. The monoisotopic (exact) mass is 221 g/mol. The number of carboxylic acid groups (broad SMARTS) is 1. The van der Waals surface area contributed by atoms with Crippen LogP contribution in [0.4, 0.5) is 0 Å². The molecule has 2 rings (SSSR count). The van der Waals surface area contributed by atoms with Gasteiger partial charge in [-0.25, -0.2) is 14.3 Å². The first-order chi connectivity index (χ1) is 7.66. The molecule has 82 valence electrons. The SMILES string of the molecule is O=C(O)Cn1nc(-n2cncn2)ccc1=O. The third-order valence-electron chi connectivity index (χ3n) is 1.79. The average Bonchev–Trinajstić information content (AvgIpc) is 2.73. The van der Waals surface area contributed by atoms with E-state index in [1.54, 1.807) is 0 Å². The van der Waals surface area contributed by atoms with Crippen LogP contribution in [0.25, 0.3) is 5.82 Å². The first-order valence-electron chi connectivity index (χ1n) is 4.32. The smallest absolute Gasteiger partial charge is 0.325 e. The molecule has 0 bridgehead atoms. The largest absolute Gasteiger partial charge is 0.480 e. The lowest BCUT2D eigenvalue weighted by molar-refractivity contribution is -0.138. The molecule has 0 aliphatic heterocycles. The second-order valence-corrected chi connectivity index (χ2v) is 2.92. The molecule has 0 amide bonds. The number of hydrogen-bond donors (Lipinski definition) is 1. The van der Waals surface area contributed by atoms with Crippen molar-refractivity contribution in [2.45, 2.75) is 6.54 Å². The van der Waals surface area contributed by atoms with Crippen molar-refractivity contribution in [2.24, 2.45) is 0 Å². The highest BCUT2D eigenvalue weighted by molar-refractivity contribution is 5.66. The quantitative estimate of drug-likeness (QED) is 0.706. The Bertz CT molecular complexity index is 559. The number of carboxylic acids is 1. The van der Waals surface area contributed by atoms with E-state index in [2.05, 4.69) is 15.2 Å². The first kappa shape index (κ1) is 10.0. The van der Waals surface area contributed by atoms with Crippen LogP contribution >= 0.6 is 0 Å². The van der Waals surface area contributed by atoms with Gasteiger partial charge in [0.2, 0.25) is 0 Å². The van der Waals surface area contributed by atoms with Gasteiger partial charge >= 0.3 is 5.97 Å². The first-order valence-corrected chi connectivity index (χ1v) is 4.32. The van der Waals surface area contributed by atoms with E-state index in [4.69, 9.17) is 5.11 Å². The highest BCUT2D eigenvalue weighted by atomic mass is 16.4. The summed E-state index contributed by atoms with van der Waals surface area (Å²) in [4.78, 5) is 25.5. The van der Waals surface area contributed by atoms with Crippen LogP contribution in [0.2, 0.25) is 0 Å². The van der Waals surface area contributed by atoms with Crippen molar-refractivity contribution < 1.29 is 9.90 Å². The lowest BCUT2D eigenvalue weighted by Gasteiger charge is -2.03. The molecule has 0 saturated heterocycles. The maximum Gasteiger partial charge on any atom is 0.325 e. The minimum atomic E-state index is -1.13. The molecule has 1 N–H and O–H groups in total. The molecule has 0 saturated carbocycles. The van der Waals surface area contributed by atoms with Crippen molar-refractivity contribution in [3.63, 3.8) is 0 Å². The van der Waals surface area contributed by atoms with E-state index >= 15 is 0 Å². The van der Waals surface area contributed by atoms with Gasteiger partial charge in [0.25, 0.3) is 5.56 Å². The lowest BCUT2D eigenvalue weighted by Crippen LogP contribution is -2.26. The summed E-state index contributed by atoms with van der Waals surface area (Å²) in [5, 5.41) is 16.2. The summed E-state index contributed by atoms with van der Waals surface area (Å²) in [6, 6.07) is 2.67. The van der Waals surface area contributed by atoms with E-state index in [1.165, 1.54) is 29.5 Å². The van der Waals surface area contributed by atoms with Crippen molar-refractivity contribution in [3.8, 4) is 5.82 Å². The molecule has 8 heteroatoms. The predicted molar refractivity (Wildman–Crippen MR) is 51.0 cm³/mol. The van der Waals surface area contributed by atoms with Gasteiger partial charge in [-0.2, -0.15) is 5.10 Å². The molecule has 0 aromatic carbocycles. The lowest BCUT2D eigenvalue weighted by atomic mass is 10.5. The summed E-state index contributed by atoms with van der Waals surface area (Å²) in [5.74, 6) is -0.802. The van der Waals surface area contributed by atoms with Crippen molar-refractivity contribution in [2.75, 3.05) is 0 Å². The molecule has 2 aromatic heterocycles. The molecule has 0 aliphatic carbocycles. The van der Waals surface area contributed by atoms with Crippen LogP contribution in [0.5, 0.6) is 0 Å². The second-order valence-electron chi connectivity index (χ2n) is 2.92. The Morgan fingerprint density at radius 3 is 2.88 bits per heavy atom. The molecule has 16 heavy (non-hydrogen) atoms. The van der Waals surface area contributed by atoms with Gasteiger partial charge in [0.15, 0.2) is 5.82 Å². The Labute approximate surface area is 88.8 Å². The number of nitrogens with zero attached hydrogens (tertiary/aromatic N) is 5. The molecule has 0 atom stereocenters. The molecular weight excluding hydrogens is 214 g/mol. The summed E-state index contributed by atoms with van der Waals surface area (Å²) >= 11 is 0. The van der Waals surface area contributed by atoms with E-state index in [0.717, 1.165) is 4.68 Å². The Balaban J connectivity index is 2.43. The number of aliphatic carboxylic acids is 1. The average molecular weight is 221 g/mol. The van der Waals surface area contributed by atoms with Crippen LogP contribution in [0.1, 0.15) is 0 Å². The summed E-state index contributed by atoms with van der Waals surface area (Å²) in [6.45, 7) is -0.485. The fourth-order valence-corrected chi connectivity index (χ4v) is 1.13. The van der Waals surface area contributed by atoms with Crippen molar-refractivity contribution in [1.29, 1.82) is 0 Å². The zero-order chi connectivity index (χ0) is 11.5. The molecule has 2 heterocycles. The van der Waals surface area contributed by atoms with Crippen LogP contribution in [0.15, 0.2) is 29.6 Å². The van der Waals surface area contributed by atoms with Crippen molar-refractivity contribution in [3.05, 3.63) is 35.1 Å². The fraction of sp³-hybridized carbons (Fsp3) is 0.125. The van der Waals surface area contributed by atoms with Gasteiger partial charge in [0, 0.05) is 6.07 Å². The number of aromatic nitrogens is 5. The van der Waals surface area contributed by atoms with E-state index in [1.807, 2.05) is 0 Å². The van der Waals surface area contributed by atoms with E-state index in [0.29, 0.717) is 5.82 Å². The summed E-state index contributed by atoms with van der Waals surface area (Å²) in [7, 11) is 0. The van der Waals surface area contributed by atoms with Gasteiger partial charge in [-0.3, -0.25) is 9.59 Å². The van der Waals surface area contributed by atoms with Gasteiger partial charge < -0.3 is 5.11 Å². The number of carbonyl (C=O) groups is 1. The van der Waals surface area contributed by atoms with Gasteiger partial charge in [-0.1, -0.05) is 0 Å². The Morgan fingerprint density at radius 2 is 2.25 bits per heavy atom. The molecular formula is C8H7N5O3. The highest BCUT2D eigenvalue weighted by Gasteiger charge is 2.06. The van der Waals surface area contributed by atoms with E-state index in [9.17, 15) is 9.59 Å². The molecule has 0 radical (unpaired) electrons. The normalized spacial score (nSPS) is 10.2. The molecule has 0 aliphatic rings. The Morgan fingerprint density at radius 1 is 1.44 bits per heavy atom. The minimum absolute atomic E-state index is 0.332. The van der Waals surface area contributed by atoms with Crippen LogP contribution in [-0.4, -0.2) is 35.6 Å². The zero-order valence-electron chi connectivity index (χ0n) is 8.02. The van der Waals surface area contributed by atoms with Crippen LogP contribution in [0.3, 0.4) is 0 Å². The standard InChI is InChI=1S/C8H7N5O3/c14-7-2-1-6(13-5-9-4-10-13)11-12(7)3-8(15)16/h1-2,4-5H,3H2,(H,15,16). The maximum absolute atomic E-state index is 11.3. The predicted octanol–water partition coefficient (Wildman–Crippen LogP) is -1.09. The molecule has 8 nitrogen and oxygen atoms in total. The third-order valence-corrected chi connectivity index (χ3v) is 1.79. The van der Waals surface area contributed by atoms with Crippen LogP contribution in [-0.2, 0) is 11.3 Å². The Kier molecular flexibility index (Phi) is 2.46. The minimum Gasteiger partial charge on any atom is -0.480 e. The molecule has 0 fully saturated rings. The second kappa shape index (κ2) is 3.93. The maximum atomic E-state index is 11.3. The fourth-order valence-electron chi connectivity index (χ4n) is 1.13. The van der Waals surface area contributed by atoms with Crippen molar-refractivity contribution in [1.82, 2.24) is 24.5 Å². The zero-order valence-corrected chi connectivity index (χ0v) is 8.02. The third kappa shape index (κ3) is 1.95. The van der Waals surface area contributed by atoms with Gasteiger partial charge in [0.1, 0.15) is 19.2 Å². The molecule has 0 unspecified atom stereocenters. The summed E-state index contributed by atoms with van der Waals surface area (Å²) < 4.78 is 2.18. The van der Waals surface area contributed by atoms with Gasteiger partial charge in [-0.05, 0) is 6.07 Å².